The molecule has 0 saturated carbocycles. The van der Waals surface area contributed by atoms with Crippen LogP contribution in [0.1, 0.15) is 123 Å². The number of rotatable bonds is 18. The molecule has 0 aromatic carbocycles. The molecule has 2 nitrogen and oxygen atoms in total. The molecule has 0 N–H and O–H groups in total. The number of hydrogen-bond acceptors (Lipinski definition) is 0. The molecule has 1 rings (SSSR count). The van der Waals surface area contributed by atoms with E-state index in [0.29, 0.717) is 0 Å². The van der Waals surface area contributed by atoms with Gasteiger partial charge in [0.05, 0.1) is 13.1 Å². The van der Waals surface area contributed by atoms with Crippen LogP contribution in [0.2, 0.25) is 0 Å². The summed E-state index contributed by atoms with van der Waals surface area (Å²) in [6.45, 7) is 9.31. The first-order valence-electron chi connectivity index (χ1n) is 11.9. The van der Waals surface area contributed by atoms with E-state index in [4.69, 9.17) is 0 Å². The van der Waals surface area contributed by atoms with Gasteiger partial charge in [0, 0.05) is 6.42 Å². The summed E-state index contributed by atoms with van der Waals surface area (Å²) in [6, 6.07) is 0. The molecule has 152 valence electrons. The minimum atomic E-state index is 1.15. The zero-order valence-corrected chi connectivity index (χ0v) is 18.3. The van der Waals surface area contributed by atoms with Gasteiger partial charge in [-0.25, -0.2) is 9.13 Å². The summed E-state index contributed by atoms with van der Waals surface area (Å²) in [4.78, 5) is 0. The molecular formula is C24H47N2+. The largest absolute Gasteiger partial charge is 0.256 e. The maximum Gasteiger partial charge on any atom is 0.256 e. The van der Waals surface area contributed by atoms with Gasteiger partial charge in [0.15, 0.2) is 0 Å². The Labute approximate surface area is 164 Å². The van der Waals surface area contributed by atoms with Gasteiger partial charge in [-0.2, -0.15) is 0 Å². The van der Waals surface area contributed by atoms with Crippen molar-refractivity contribution in [3.63, 3.8) is 0 Å². The van der Waals surface area contributed by atoms with Gasteiger partial charge in [-0.05, 0) is 25.7 Å². The minimum absolute atomic E-state index is 1.15. The predicted molar refractivity (Wildman–Crippen MR) is 115 cm³/mol. The van der Waals surface area contributed by atoms with E-state index in [9.17, 15) is 0 Å². The number of hydrogen-bond donors (Lipinski definition) is 0. The van der Waals surface area contributed by atoms with Gasteiger partial charge in [0.25, 0.3) is 5.82 Å². The summed E-state index contributed by atoms with van der Waals surface area (Å²) in [7, 11) is 0. The third kappa shape index (κ3) is 10.4. The molecule has 0 amide bonds. The predicted octanol–water partition coefficient (Wildman–Crippen LogP) is 7.23. The van der Waals surface area contributed by atoms with E-state index in [-0.39, 0.29) is 0 Å². The van der Waals surface area contributed by atoms with E-state index in [0.717, 1.165) is 6.42 Å². The third-order valence-electron chi connectivity index (χ3n) is 5.66. The van der Waals surface area contributed by atoms with Crippen LogP contribution in [-0.4, -0.2) is 4.57 Å². The van der Waals surface area contributed by atoms with Crippen molar-refractivity contribution in [2.24, 2.45) is 0 Å². The number of nitrogens with zero attached hydrogens (tertiary/aromatic N) is 2. The normalized spacial score (nSPS) is 11.3. The zero-order chi connectivity index (χ0) is 18.9. The molecule has 0 fully saturated rings. The molecule has 0 saturated heterocycles. The Morgan fingerprint density at radius 1 is 0.654 bits per heavy atom. The Balaban J connectivity index is 2.17. The van der Waals surface area contributed by atoms with Crippen molar-refractivity contribution in [3.8, 4) is 0 Å². The molecule has 0 atom stereocenters. The van der Waals surface area contributed by atoms with Gasteiger partial charge in [0.1, 0.15) is 12.4 Å². The highest BCUT2D eigenvalue weighted by Gasteiger charge is 2.14. The van der Waals surface area contributed by atoms with Crippen LogP contribution in [0.3, 0.4) is 0 Å². The first-order valence-corrected chi connectivity index (χ1v) is 11.9. The second kappa shape index (κ2) is 16.4. The molecule has 1 aromatic rings. The second-order valence-electron chi connectivity index (χ2n) is 8.05. The molecule has 0 aliphatic carbocycles. The fourth-order valence-corrected chi connectivity index (χ4v) is 3.97. The van der Waals surface area contributed by atoms with Crippen LogP contribution < -0.4 is 4.57 Å². The standard InChI is InChI=1S/C24H47N2/c1-4-7-9-11-13-15-17-19-21-26-23-22-25(24(26)6-3)20-18-16-14-12-10-8-5-2/h22-23H,4-21H2,1-3H3/q+1. The summed E-state index contributed by atoms with van der Waals surface area (Å²) in [5.41, 5.74) is 0. The van der Waals surface area contributed by atoms with Crippen LogP contribution in [0.25, 0.3) is 0 Å². The molecule has 0 unspecified atom stereocenters. The Kier molecular flexibility index (Phi) is 14.7. The van der Waals surface area contributed by atoms with Crippen molar-refractivity contribution in [2.75, 3.05) is 0 Å². The summed E-state index contributed by atoms with van der Waals surface area (Å²) in [5.74, 6) is 1.53. The zero-order valence-electron chi connectivity index (χ0n) is 18.3. The van der Waals surface area contributed by atoms with Crippen molar-refractivity contribution in [3.05, 3.63) is 18.2 Å². The van der Waals surface area contributed by atoms with Crippen molar-refractivity contribution in [1.29, 1.82) is 0 Å². The third-order valence-corrected chi connectivity index (χ3v) is 5.66. The molecule has 26 heavy (non-hydrogen) atoms. The van der Waals surface area contributed by atoms with Crippen molar-refractivity contribution < 1.29 is 4.57 Å². The number of unbranched alkanes of at least 4 members (excludes halogenated alkanes) is 13. The first-order chi connectivity index (χ1) is 12.8. The van der Waals surface area contributed by atoms with Gasteiger partial charge in [-0.3, -0.25) is 0 Å². The Morgan fingerprint density at radius 2 is 1.15 bits per heavy atom. The maximum absolute atomic E-state index is 2.51. The number of aryl methyl sites for hydroxylation is 2. The van der Waals surface area contributed by atoms with Crippen LogP contribution in [0, 0.1) is 0 Å². The highest BCUT2D eigenvalue weighted by Crippen LogP contribution is 2.10. The van der Waals surface area contributed by atoms with E-state index in [1.165, 1.54) is 115 Å². The lowest BCUT2D eigenvalue weighted by Crippen LogP contribution is -2.37. The smallest absolute Gasteiger partial charge is 0.234 e. The maximum atomic E-state index is 2.51. The van der Waals surface area contributed by atoms with Gasteiger partial charge in [0.2, 0.25) is 0 Å². The lowest BCUT2D eigenvalue weighted by atomic mass is 10.1. The second-order valence-corrected chi connectivity index (χ2v) is 8.05. The van der Waals surface area contributed by atoms with Crippen LogP contribution in [0.5, 0.6) is 0 Å². The summed E-state index contributed by atoms with van der Waals surface area (Å²) in [5, 5.41) is 0. The van der Waals surface area contributed by atoms with E-state index in [2.05, 4.69) is 42.3 Å². The first kappa shape index (κ1) is 23.2. The fraction of sp³-hybridized carbons (Fsp3) is 0.875. The average Bonchev–Trinajstić information content (AvgIpc) is 3.05. The molecule has 0 aliphatic rings. The van der Waals surface area contributed by atoms with Gasteiger partial charge >= 0.3 is 0 Å². The topological polar surface area (TPSA) is 8.81 Å². The summed E-state index contributed by atoms with van der Waals surface area (Å²) >= 11 is 0. The summed E-state index contributed by atoms with van der Waals surface area (Å²) < 4.78 is 5.02. The molecule has 1 aromatic heterocycles. The molecule has 0 aliphatic heterocycles. The monoisotopic (exact) mass is 363 g/mol. The van der Waals surface area contributed by atoms with E-state index in [1.54, 1.807) is 0 Å². The van der Waals surface area contributed by atoms with Crippen LogP contribution in [0.4, 0.5) is 0 Å². The molecule has 0 radical (unpaired) electrons. The number of aromatic nitrogens is 2. The van der Waals surface area contributed by atoms with Crippen LogP contribution in [0.15, 0.2) is 12.4 Å². The lowest BCUT2D eigenvalue weighted by molar-refractivity contribution is -0.704. The highest BCUT2D eigenvalue weighted by molar-refractivity contribution is 4.83. The number of imidazole rings is 1. The molecule has 2 heteroatoms. The molecular weight excluding hydrogens is 316 g/mol. The van der Waals surface area contributed by atoms with Crippen molar-refractivity contribution in [1.82, 2.24) is 4.57 Å². The van der Waals surface area contributed by atoms with E-state index in [1.807, 2.05) is 0 Å². The molecule has 1 heterocycles. The quantitative estimate of drug-likeness (QED) is 0.192. The summed E-state index contributed by atoms with van der Waals surface area (Å²) in [6.07, 6.45) is 26.8. The Hall–Kier alpha value is -0.790. The van der Waals surface area contributed by atoms with Crippen LogP contribution >= 0.6 is 0 Å². The van der Waals surface area contributed by atoms with E-state index < -0.39 is 0 Å². The molecule has 0 spiro atoms. The van der Waals surface area contributed by atoms with Crippen LogP contribution in [-0.2, 0) is 19.5 Å². The minimum Gasteiger partial charge on any atom is -0.234 e. The van der Waals surface area contributed by atoms with E-state index >= 15 is 0 Å². The highest BCUT2D eigenvalue weighted by atomic mass is 15.1. The van der Waals surface area contributed by atoms with Gasteiger partial charge < -0.3 is 0 Å². The van der Waals surface area contributed by atoms with Crippen molar-refractivity contribution >= 4 is 0 Å². The van der Waals surface area contributed by atoms with Crippen molar-refractivity contribution in [2.45, 2.75) is 137 Å². The SMILES string of the molecule is CCCCCCCCCC[n+]1ccn(CCCCCCCCC)c1CC. The Morgan fingerprint density at radius 3 is 1.69 bits per heavy atom. The Bertz CT molecular complexity index is 422. The van der Waals surface area contributed by atoms with Gasteiger partial charge in [-0.1, -0.05) is 91.4 Å². The fourth-order valence-electron chi connectivity index (χ4n) is 3.97. The lowest BCUT2D eigenvalue weighted by Gasteiger charge is -2.05. The van der Waals surface area contributed by atoms with Gasteiger partial charge in [-0.15, -0.1) is 0 Å². The average molecular weight is 364 g/mol. The molecule has 0 bridgehead atoms.